The van der Waals surface area contributed by atoms with Crippen LogP contribution in [-0.2, 0) is 56.9 Å². The van der Waals surface area contributed by atoms with Crippen molar-refractivity contribution in [3.8, 4) is 0 Å². The molecule has 0 fully saturated rings. The van der Waals surface area contributed by atoms with Crippen molar-refractivity contribution < 1.29 is 56.9 Å². The smallest absolute Gasteiger partial charge is 0.330 e. The number of carbonyl (C=O) groups excluding carboxylic acids is 1. The molecule has 0 amide bonds. The highest BCUT2D eigenvalue weighted by Crippen LogP contribution is 1.87. The fourth-order valence-corrected chi connectivity index (χ4v) is 2.42. The van der Waals surface area contributed by atoms with Crippen molar-refractivity contribution in [2.75, 3.05) is 145 Å². The molecule has 38 heavy (non-hydrogen) atoms. The number of nitrogens with two attached hydrogens (primary N) is 1. The second-order valence-electron chi connectivity index (χ2n) is 7.28. The van der Waals surface area contributed by atoms with Gasteiger partial charge in [-0.1, -0.05) is 6.58 Å². The first-order valence-corrected chi connectivity index (χ1v) is 13.1. The molecule has 0 aliphatic rings. The molecule has 0 saturated heterocycles. The summed E-state index contributed by atoms with van der Waals surface area (Å²) in [7, 11) is 0. The van der Waals surface area contributed by atoms with Gasteiger partial charge in [0.1, 0.15) is 6.61 Å². The van der Waals surface area contributed by atoms with E-state index in [1.54, 1.807) is 0 Å². The number of esters is 1. The number of carbonyl (C=O) groups is 1. The van der Waals surface area contributed by atoms with E-state index in [1.807, 2.05) is 0 Å². The summed E-state index contributed by atoms with van der Waals surface area (Å²) < 4.78 is 58.5. The lowest BCUT2D eigenvalue weighted by Crippen LogP contribution is -2.15. The van der Waals surface area contributed by atoms with Gasteiger partial charge in [-0.25, -0.2) is 4.79 Å². The third kappa shape index (κ3) is 32.8. The van der Waals surface area contributed by atoms with Crippen molar-refractivity contribution in [1.29, 1.82) is 0 Å². The maximum Gasteiger partial charge on any atom is 0.330 e. The molecule has 0 aromatic heterocycles. The Morgan fingerprint density at radius 1 is 0.421 bits per heavy atom. The zero-order valence-electron chi connectivity index (χ0n) is 22.8. The Hall–Kier alpha value is -1.23. The molecular weight excluding hydrogens is 506 g/mol. The largest absolute Gasteiger partial charge is 0.460 e. The summed E-state index contributed by atoms with van der Waals surface area (Å²) in [6.45, 7) is 13.9. The molecule has 0 radical (unpaired) electrons. The van der Waals surface area contributed by atoms with Crippen molar-refractivity contribution in [2.45, 2.75) is 0 Å². The van der Waals surface area contributed by atoms with Crippen molar-refractivity contribution in [2.24, 2.45) is 5.73 Å². The minimum Gasteiger partial charge on any atom is -0.460 e. The van der Waals surface area contributed by atoms with Crippen molar-refractivity contribution >= 4 is 5.97 Å². The highest BCUT2D eigenvalue weighted by Gasteiger charge is 1.97. The van der Waals surface area contributed by atoms with E-state index in [2.05, 4.69) is 6.58 Å². The van der Waals surface area contributed by atoms with E-state index in [9.17, 15) is 4.79 Å². The average Bonchev–Trinajstić information content (AvgIpc) is 2.93. The first-order chi connectivity index (χ1) is 18.8. The highest BCUT2D eigenvalue weighted by molar-refractivity contribution is 5.81. The summed E-state index contributed by atoms with van der Waals surface area (Å²) in [6.07, 6.45) is 1.11. The molecule has 0 aliphatic carbocycles. The van der Waals surface area contributed by atoms with Gasteiger partial charge in [0.05, 0.1) is 132 Å². The topological polar surface area (TPSA) is 145 Å². The van der Waals surface area contributed by atoms with Crippen LogP contribution in [0.15, 0.2) is 12.7 Å². The van der Waals surface area contributed by atoms with E-state index in [0.29, 0.717) is 139 Å². The predicted molar refractivity (Wildman–Crippen MR) is 138 cm³/mol. The van der Waals surface area contributed by atoms with Gasteiger partial charge in [0.2, 0.25) is 0 Å². The summed E-state index contributed by atoms with van der Waals surface area (Å²) in [5.41, 5.74) is 5.32. The number of rotatable bonds is 33. The molecule has 0 unspecified atom stereocenters. The molecule has 0 spiro atoms. The molecule has 13 nitrogen and oxygen atoms in total. The third-order valence-corrected chi connectivity index (χ3v) is 4.25. The number of ether oxygens (including phenoxy) is 11. The predicted octanol–water partition coefficient (Wildman–Crippen LogP) is -0.160. The summed E-state index contributed by atoms with van der Waals surface area (Å²) >= 11 is 0. The van der Waals surface area contributed by atoms with Crippen LogP contribution < -0.4 is 5.73 Å². The van der Waals surface area contributed by atoms with Crippen molar-refractivity contribution in [3.63, 3.8) is 0 Å². The van der Waals surface area contributed by atoms with Gasteiger partial charge in [-0.15, -0.1) is 0 Å². The van der Waals surface area contributed by atoms with E-state index in [1.165, 1.54) is 0 Å². The molecule has 226 valence electrons. The average molecular weight is 556 g/mol. The molecule has 13 heteroatoms. The van der Waals surface area contributed by atoms with Crippen molar-refractivity contribution in [1.82, 2.24) is 0 Å². The maximum absolute atomic E-state index is 10.8. The summed E-state index contributed by atoms with van der Waals surface area (Å²) in [4.78, 5) is 10.8. The molecule has 0 rings (SSSR count). The van der Waals surface area contributed by atoms with Crippen molar-refractivity contribution in [3.05, 3.63) is 12.7 Å². The SMILES string of the molecule is C=CC(=O)OCCOCCOCCOCCOCCOCCOCCOCCOCCOCCOCCN. The molecule has 0 aliphatic heterocycles. The van der Waals surface area contributed by atoms with Crippen LogP contribution in [0.2, 0.25) is 0 Å². The lowest BCUT2D eigenvalue weighted by Gasteiger charge is -2.09. The fraction of sp³-hybridized carbons (Fsp3) is 0.880. The Bertz CT molecular complexity index is 487. The van der Waals surface area contributed by atoms with Crippen LogP contribution in [0.25, 0.3) is 0 Å². The molecular formula is C25H49NO12. The minimum atomic E-state index is -0.458. The zero-order chi connectivity index (χ0) is 27.6. The van der Waals surface area contributed by atoms with Crippen LogP contribution >= 0.6 is 0 Å². The second-order valence-corrected chi connectivity index (χ2v) is 7.28. The Labute approximate surface area is 227 Å². The molecule has 0 aromatic carbocycles. The van der Waals surface area contributed by atoms with E-state index < -0.39 is 5.97 Å². The third-order valence-electron chi connectivity index (χ3n) is 4.25. The molecule has 2 N–H and O–H groups in total. The van der Waals surface area contributed by atoms with Gasteiger partial charge >= 0.3 is 5.97 Å². The number of hydrogen-bond donors (Lipinski definition) is 1. The molecule has 0 saturated carbocycles. The van der Waals surface area contributed by atoms with E-state index in [0.717, 1.165) is 6.08 Å². The van der Waals surface area contributed by atoms with Crippen LogP contribution in [-0.4, -0.2) is 151 Å². The van der Waals surface area contributed by atoms with E-state index in [-0.39, 0.29) is 6.61 Å². The summed E-state index contributed by atoms with van der Waals surface area (Å²) in [5.74, 6) is -0.458. The van der Waals surface area contributed by atoms with Gasteiger partial charge in [0.25, 0.3) is 0 Å². The van der Waals surface area contributed by atoms with Gasteiger partial charge < -0.3 is 57.8 Å². The molecule has 0 aromatic rings. The fourth-order valence-electron chi connectivity index (χ4n) is 2.42. The zero-order valence-corrected chi connectivity index (χ0v) is 22.8. The lowest BCUT2D eigenvalue weighted by atomic mass is 10.6. The van der Waals surface area contributed by atoms with Crippen LogP contribution in [0.3, 0.4) is 0 Å². The van der Waals surface area contributed by atoms with E-state index in [4.69, 9.17) is 57.8 Å². The first kappa shape index (κ1) is 36.8. The Kier molecular flexibility index (Phi) is 32.7. The molecule has 0 bridgehead atoms. The van der Waals surface area contributed by atoms with Gasteiger partial charge in [-0.2, -0.15) is 0 Å². The van der Waals surface area contributed by atoms with Crippen LogP contribution in [0.4, 0.5) is 0 Å². The molecule has 0 atom stereocenters. The monoisotopic (exact) mass is 555 g/mol. The normalized spacial score (nSPS) is 11.2. The maximum atomic E-state index is 10.8. The Morgan fingerprint density at radius 2 is 0.632 bits per heavy atom. The summed E-state index contributed by atoms with van der Waals surface area (Å²) in [5, 5.41) is 0. The van der Waals surface area contributed by atoms with Gasteiger partial charge in [0, 0.05) is 12.6 Å². The lowest BCUT2D eigenvalue weighted by molar-refractivity contribution is -0.139. The quantitative estimate of drug-likeness (QED) is 0.0651. The van der Waals surface area contributed by atoms with Gasteiger partial charge in [-0.05, 0) is 0 Å². The van der Waals surface area contributed by atoms with E-state index >= 15 is 0 Å². The standard InChI is InChI=1S/C25H49NO12/c1-2-25(27)38-24-23-37-22-21-36-20-19-35-18-17-34-16-15-33-14-13-32-12-11-31-10-9-30-8-7-29-6-5-28-4-3-26/h2H,1,3-24,26H2. The summed E-state index contributed by atoms with van der Waals surface area (Å²) in [6, 6.07) is 0. The molecule has 0 heterocycles. The Balaban J connectivity index is 3.04. The highest BCUT2D eigenvalue weighted by atomic mass is 16.6. The Morgan fingerprint density at radius 3 is 0.842 bits per heavy atom. The van der Waals surface area contributed by atoms with Gasteiger partial charge in [-0.3, -0.25) is 0 Å². The number of hydrogen-bond acceptors (Lipinski definition) is 13. The van der Waals surface area contributed by atoms with Crippen LogP contribution in [0.1, 0.15) is 0 Å². The second kappa shape index (κ2) is 33.8. The minimum absolute atomic E-state index is 0.200. The first-order valence-electron chi connectivity index (χ1n) is 13.1. The van der Waals surface area contributed by atoms with Gasteiger partial charge in [0.15, 0.2) is 0 Å². The van der Waals surface area contributed by atoms with Crippen LogP contribution in [0, 0.1) is 0 Å². The van der Waals surface area contributed by atoms with Crippen LogP contribution in [0.5, 0.6) is 0 Å².